The van der Waals surface area contributed by atoms with E-state index in [4.69, 9.17) is 0 Å². The monoisotopic (exact) mass is 289 g/mol. The SMILES string of the molecule is CNC(C)c1cccc(NC(=O)NC2CCC(C)C2C)c1. The average molecular weight is 289 g/mol. The molecule has 1 aliphatic rings. The minimum Gasteiger partial charge on any atom is -0.335 e. The molecule has 0 radical (unpaired) electrons. The first-order valence-electron chi connectivity index (χ1n) is 7.86. The lowest BCUT2D eigenvalue weighted by atomic mass is 9.98. The minimum atomic E-state index is -0.102. The lowest BCUT2D eigenvalue weighted by Crippen LogP contribution is -2.40. The van der Waals surface area contributed by atoms with Gasteiger partial charge in [-0.15, -0.1) is 0 Å². The molecule has 0 heterocycles. The first kappa shape index (κ1) is 15.8. The highest BCUT2D eigenvalue weighted by molar-refractivity contribution is 5.89. The number of benzene rings is 1. The Hall–Kier alpha value is -1.55. The summed E-state index contributed by atoms with van der Waals surface area (Å²) in [6.07, 6.45) is 2.27. The first-order chi connectivity index (χ1) is 10.0. The van der Waals surface area contributed by atoms with Crippen LogP contribution >= 0.6 is 0 Å². The van der Waals surface area contributed by atoms with Crippen LogP contribution in [-0.2, 0) is 0 Å². The van der Waals surface area contributed by atoms with Gasteiger partial charge in [-0.1, -0.05) is 26.0 Å². The molecule has 1 aromatic carbocycles. The van der Waals surface area contributed by atoms with Crippen molar-refractivity contribution in [2.75, 3.05) is 12.4 Å². The summed E-state index contributed by atoms with van der Waals surface area (Å²) >= 11 is 0. The van der Waals surface area contributed by atoms with Gasteiger partial charge in [-0.05, 0) is 56.3 Å². The largest absolute Gasteiger partial charge is 0.335 e. The summed E-state index contributed by atoms with van der Waals surface area (Å²) < 4.78 is 0. The quantitative estimate of drug-likeness (QED) is 0.794. The van der Waals surface area contributed by atoms with Gasteiger partial charge in [0.25, 0.3) is 0 Å². The van der Waals surface area contributed by atoms with Crippen LogP contribution in [0.1, 0.15) is 45.2 Å². The van der Waals surface area contributed by atoms with Gasteiger partial charge in [-0.25, -0.2) is 4.79 Å². The van der Waals surface area contributed by atoms with Crippen LogP contribution in [0.25, 0.3) is 0 Å². The van der Waals surface area contributed by atoms with Gasteiger partial charge in [0.2, 0.25) is 0 Å². The molecule has 0 saturated heterocycles. The molecule has 3 N–H and O–H groups in total. The van der Waals surface area contributed by atoms with Crippen LogP contribution in [0.2, 0.25) is 0 Å². The van der Waals surface area contributed by atoms with Gasteiger partial charge in [0.1, 0.15) is 0 Å². The second-order valence-corrected chi connectivity index (χ2v) is 6.25. The molecule has 4 atom stereocenters. The van der Waals surface area contributed by atoms with E-state index >= 15 is 0 Å². The highest BCUT2D eigenvalue weighted by Crippen LogP contribution is 2.31. The van der Waals surface area contributed by atoms with Crippen molar-refractivity contribution in [3.8, 4) is 0 Å². The molecular weight excluding hydrogens is 262 g/mol. The van der Waals surface area contributed by atoms with Crippen molar-refractivity contribution in [3.05, 3.63) is 29.8 Å². The third-order valence-electron chi connectivity index (χ3n) is 4.86. The van der Waals surface area contributed by atoms with Gasteiger partial charge in [0, 0.05) is 17.8 Å². The van der Waals surface area contributed by atoms with Gasteiger partial charge in [-0.3, -0.25) is 0 Å². The number of rotatable bonds is 4. The molecule has 2 amide bonds. The number of anilines is 1. The van der Waals surface area contributed by atoms with Crippen LogP contribution in [-0.4, -0.2) is 19.1 Å². The molecule has 4 nitrogen and oxygen atoms in total. The molecule has 0 spiro atoms. The number of carbonyl (C=O) groups excluding carboxylic acids is 1. The third-order valence-corrected chi connectivity index (χ3v) is 4.86. The molecule has 0 aromatic heterocycles. The molecule has 116 valence electrons. The van der Waals surface area contributed by atoms with E-state index in [1.54, 1.807) is 0 Å². The van der Waals surface area contributed by atoms with Crippen LogP contribution in [0, 0.1) is 11.8 Å². The van der Waals surface area contributed by atoms with E-state index in [0.717, 1.165) is 17.7 Å². The molecule has 0 bridgehead atoms. The zero-order chi connectivity index (χ0) is 15.4. The maximum Gasteiger partial charge on any atom is 0.319 e. The van der Waals surface area contributed by atoms with Crippen LogP contribution in [0.4, 0.5) is 10.5 Å². The number of amides is 2. The van der Waals surface area contributed by atoms with Gasteiger partial charge >= 0.3 is 6.03 Å². The fraction of sp³-hybridized carbons (Fsp3) is 0.588. The maximum absolute atomic E-state index is 12.1. The van der Waals surface area contributed by atoms with E-state index in [1.807, 2.05) is 25.2 Å². The zero-order valence-electron chi connectivity index (χ0n) is 13.4. The molecule has 4 heteroatoms. The second-order valence-electron chi connectivity index (χ2n) is 6.25. The molecule has 0 aliphatic heterocycles. The Bertz CT molecular complexity index is 489. The van der Waals surface area contributed by atoms with E-state index in [-0.39, 0.29) is 12.1 Å². The van der Waals surface area contributed by atoms with Gasteiger partial charge in [-0.2, -0.15) is 0 Å². The Morgan fingerprint density at radius 3 is 2.67 bits per heavy atom. The fourth-order valence-electron chi connectivity index (χ4n) is 2.96. The van der Waals surface area contributed by atoms with Crippen LogP contribution in [0.15, 0.2) is 24.3 Å². The molecule has 4 unspecified atom stereocenters. The molecule has 1 aliphatic carbocycles. The maximum atomic E-state index is 12.1. The predicted octanol–water partition coefficient (Wildman–Crippen LogP) is 3.52. The van der Waals surface area contributed by atoms with E-state index in [9.17, 15) is 4.79 Å². The molecular formula is C17H27N3O. The highest BCUT2D eigenvalue weighted by atomic mass is 16.2. The topological polar surface area (TPSA) is 53.2 Å². The third kappa shape index (κ3) is 3.97. The predicted molar refractivity (Wildman–Crippen MR) is 87.4 cm³/mol. The lowest BCUT2D eigenvalue weighted by molar-refractivity contribution is 0.244. The summed E-state index contributed by atoms with van der Waals surface area (Å²) in [5.74, 6) is 1.24. The number of carbonyl (C=O) groups is 1. The smallest absolute Gasteiger partial charge is 0.319 e. The fourth-order valence-corrected chi connectivity index (χ4v) is 2.96. The van der Waals surface area contributed by atoms with Crippen molar-refractivity contribution in [3.63, 3.8) is 0 Å². The van der Waals surface area contributed by atoms with Crippen LogP contribution < -0.4 is 16.0 Å². The molecule has 21 heavy (non-hydrogen) atoms. The van der Waals surface area contributed by atoms with E-state index in [2.05, 4.69) is 42.8 Å². The van der Waals surface area contributed by atoms with Crippen molar-refractivity contribution in [2.45, 2.75) is 45.7 Å². The summed E-state index contributed by atoms with van der Waals surface area (Å²) in [5, 5.41) is 9.25. The van der Waals surface area contributed by atoms with Crippen molar-refractivity contribution >= 4 is 11.7 Å². The zero-order valence-corrected chi connectivity index (χ0v) is 13.4. The Morgan fingerprint density at radius 1 is 1.29 bits per heavy atom. The second kappa shape index (κ2) is 6.94. The summed E-state index contributed by atoms with van der Waals surface area (Å²) in [4.78, 5) is 12.1. The van der Waals surface area contributed by atoms with Crippen LogP contribution in [0.5, 0.6) is 0 Å². The van der Waals surface area contributed by atoms with Crippen molar-refractivity contribution < 1.29 is 4.79 Å². The molecule has 1 fully saturated rings. The van der Waals surface area contributed by atoms with Crippen molar-refractivity contribution in [1.82, 2.24) is 10.6 Å². The van der Waals surface area contributed by atoms with Crippen molar-refractivity contribution in [1.29, 1.82) is 0 Å². The molecule has 1 saturated carbocycles. The number of urea groups is 1. The Balaban J connectivity index is 1.94. The highest BCUT2D eigenvalue weighted by Gasteiger charge is 2.30. The lowest BCUT2D eigenvalue weighted by Gasteiger charge is -2.20. The normalized spacial score (nSPS) is 26.4. The van der Waals surface area contributed by atoms with E-state index in [0.29, 0.717) is 17.9 Å². The summed E-state index contributed by atoms with van der Waals surface area (Å²) in [6.45, 7) is 6.57. The number of hydrogen-bond donors (Lipinski definition) is 3. The van der Waals surface area contributed by atoms with Crippen LogP contribution in [0.3, 0.4) is 0 Å². The summed E-state index contributed by atoms with van der Waals surface area (Å²) in [6, 6.07) is 8.43. The molecule has 2 rings (SSSR count). The van der Waals surface area contributed by atoms with E-state index in [1.165, 1.54) is 6.42 Å². The number of hydrogen-bond acceptors (Lipinski definition) is 2. The van der Waals surface area contributed by atoms with Gasteiger partial charge < -0.3 is 16.0 Å². The van der Waals surface area contributed by atoms with Crippen molar-refractivity contribution in [2.24, 2.45) is 11.8 Å². The molecule has 1 aromatic rings. The minimum absolute atomic E-state index is 0.102. The number of nitrogens with one attached hydrogen (secondary N) is 3. The Labute approximate surface area is 127 Å². The van der Waals surface area contributed by atoms with E-state index < -0.39 is 0 Å². The average Bonchev–Trinajstić information content (AvgIpc) is 2.78. The van der Waals surface area contributed by atoms with Gasteiger partial charge in [0.15, 0.2) is 0 Å². The summed E-state index contributed by atoms with van der Waals surface area (Å²) in [7, 11) is 1.93. The van der Waals surface area contributed by atoms with Gasteiger partial charge in [0.05, 0.1) is 0 Å². The Morgan fingerprint density at radius 2 is 2.05 bits per heavy atom. The Kier molecular flexibility index (Phi) is 5.23. The summed E-state index contributed by atoms with van der Waals surface area (Å²) in [5.41, 5.74) is 2.00. The standard InChI is InChI=1S/C17H27N3O/c1-11-8-9-16(12(11)2)20-17(21)19-15-7-5-6-14(10-15)13(3)18-4/h5-7,10-13,16,18H,8-9H2,1-4H3,(H2,19,20,21). The first-order valence-corrected chi connectivity index (χ1v) is 7.86.